The summed E-state index contributed by atoms with van der Waals surface area (Å²) < 4.78 is 5.03. The van der Waals surface area contributed by atoms with Crippen LogP contribution in [0.15, 0.2) is 16.7 Å². The molecule has 0 aliphatic carbocycles. The molecule has 0 spiro atoms. The van der Waals surface area contributed by atoms with Gasteiger partial charge < -0.3 is 15.3 Å². The van der Waals surface area contributed by atoms with Crippen LogP contribution in [-0.4, -0.2) is 23.4 Å². The minimum atomic E-state index is -0.947. The Morgan fingerprint density at radius 3 is 3.08 bits per heavy atom. The highest BCUT2D eigenvalue weighted by molar-refractivity contribution is 7.98. The van der Waals surface area contributed by atoms with Crippen molar-refractivity contribution in [2.45, 2.75) is 5.75 Å². The van der Waals surface area contributed by atoms with Gasteiger partial charge in [0.05, 0.1) is 12.0 Å². The van der Waals surface area contributed by atoms with Gasteiger partial charge in [0.15, 0.2) is 0 Å². The number of thioether (sulfide) groups is 1. The molecule has 1 rings (SSSR count). The largest absolute Gasteiger partial charge is 0.478 e. The first kappa shape index (κ1) is 10.1. The third kappa shape index (κ3) is 2.78. The van der Waals surface area contributed by atoms with Crippen molar-refractivity contribution >= 4 is 17.7 Å². The second-order valence-electron chi connectivity index (χ2n) is 2.40. The monoisotopic (exact) mass is 201 g/mol. The molecule has 3 N–H and O–H groups in total. The van der Waals surface area contributed by atoms with Crippen LogP contribution in [0.4, 0.5) is 0 Å². The van der Waals surface area contributed by atoms with Crippen molar-refractivity contribution in [3.8, 4) is 0 Å². The summed E-state index contributed by atoms with van der Waals surface area (Å²) in [5.41, 5.74) is 5.54. The standard InChI is InChI=1S/C8H11NO3S/c9-2-4-13-5-7-6(8(10)11)1-3-12-7/h1,3H,2,4-5,9H2,(H,10,11). The van der Waals surface area contributed by atoms with Crippen LogP contribution in [0.3, 0.4) is 0 Å². The zero-order valence-electron chi connectivity index (χ0n) is 7.03. The smallest absolute Gasteiger partial charge is 0.339 e. The molecular weight excluding hydrogens is 190 g/mol. The molecule has 0 saturated heterocycles. The first-order chi connectivity index (χ1) is 6.25. The van der Waals surface area contributed by atoms with Crippen LogP contribution >= 0.6 is 11.8 Å². The van der Waals surface area contributed by atoms with Gasteiger partial charge in [-0.15, -0.1) is 0 Å². The Morgan fingerprint density at radius 1 is 1.69 bits per heavy atom. The normalized spacial score (nSPS) is 10.2. The summed E-state index contributed by atoms with van der Waals surface area (Å²) in [7, 11) is 0. The van der Waals surface area contributed by atoms with Crippen LogP contribution < -0.4 is 5.73 Å². The topological polar surface area (TPSA) is 76.5 Å². The zero-order valence-corrected chi connectivity index (χ0v) is 7.84. The van der Waals surface area contributed by atoms with Gasteiger partial charge in [0.2, 0.25) is 0 Å². The summed E-state index contributed by atoms with van der Waals surface area (Å²) in [6, 6.07) is 1.46. The molecule has 72 valence electrons. The predicted octanol–water partition coefficient (Wildman–Crippen LogP) is 1.17. The van der Waals surface area contributed by atoms with Gasteiger partial charge in [0.25, 0.3) is 0 Å². The molecule has 0 aromatic carbocycles. The Kier molecular flexibility index (Phi) is 3.85. The summed E-state index contributed by atoms with van der Waals surface area (Å²) in [6.07, 6.45) is 1.39. The van der Waals surface area contributed by atoms with E-state index in [-0.39, 0.29) is 5.56 Å². The number of carboxylic acids is 1. The first-order valence-corrected chi connectivity index (χ1v) is 4.98. The maximum Gasteiger partial charge on any atom is 0.339 e. The molecule has 1 heterocycles. The van der Waals surface area contributed by atoms with E-state index in [1.54, 1.807) is 11.8 Å². The van der Waals surface area contributed by atoms with E-state index >= 15 is 0 Å². The Hall–Kier alpha value is -0.940. The van der Waals surface area contributed by atoms with Crippen molar-refractivity contribution in [1.82, 2.24) is 0 Å². The van der Waals surface area contributed by atoms with Gasteiger partial charge in [-0.3, -0.25) is 0 Å². The number of furan rings is 1. The maximum atomic E-state index is 10.6. The lowest BCUT2D eigenvalue weighted by atomic mass is 10.3. The summed E-state index contributed by atoms with van der Waals surface area (Å²) in [5, 5.41) is 8.72. The van der Waals surface area contributed by atoms with Crippen LogP contribution in [-0.2, 0) is 5.75 Å². The van der Waals surface area contributed by atoms with E-state index in [4.69, 9.17) is 15.3 Å². The average molecular weight is 201 g/mol. The van der Waals surface area contributed by atoms with E-state index in [1.807, 2.05) is 0 Å². The molecule has 1 aromatic heterocycles. The van der Waals surface area contributed by atoms with Gasteiger partial charge in [0.1, 0.15) is 11.3 Å². The van der Waals surface area contributed by atoms with E-state index in [0.717, 1.165) is 5.75 Å². The summed E-state index contributed by atoms with van der Waals surface area (Å²) in [6.45, 7) is 0.591. The summed E-state index contributed by atoms with van der Waals surface area (Å²) >= 11 is 1.56. The van der Waals surface area contributed by atoms with Crippen LogP contribution in [0.2, 0.25) is 0 Å². The molecule has 0 radical (unpaired) electrons. The molecule has 0 saturated carbocycles. The molecule has 0 atom stereocenters. The number of hydrogen-bond acceptors (Lipinski definition) is 4. The Morgan fingerprint density at radius 2 is 2.46 bits per heavy atom. The molecule has 0 fully saturated rings. The minimum Gasteiger partial charge on any atom is -0.478 e. The molecule has 5 heteroatoms. The minimum absolute atomic E-state index is 0.240. The molecule has 0 aliphatic heterocycles. The van der Waals surface area contributed by atoms with Crippen molar-refractivity contribution in [3.05, 3.63) is 23.7 Å². The average Bonchev–Trinajstić information content (AvgIpc) is 2.53. The Bertz CT molecular complexity index is 285. The third-order valence-electron chi connectivity index (χ3n) is 1.47. The number of carbonyl (C=O) groups is 1. The zero-order chi connectivity index (χ0) is 9.68. The number of nitrogens with two attached hydrogens (primary N) is 1. The van der Waals surface area contributed by atoms with Crippen LogP contribution in [0.5, 0.6) is 0 Å². The SMILES string of the molecule is NCCSCc1occc1C(=O)O. The van der Waals surface area contributed by atoms with Gasteiger partial charge in [0, 0.05) is 12.3 Å². The molecule has 0 aliphatic rings. The van der Waals surface area contributed by atoms with Crippen LogP contribution in [0.25, 0.3) is 0 Å². The van der Waals surface area contributed by atoms with E-state index in [2.05, 4.69) is 0 Å². The second-order valence-corrected chi connectivity index (χ2v) is 3.51. The number of hydrogen-bond donors (Lipinski definition) is 2. The third-order valence-corrected chi connectivity index (χ3v) is 2.46. The van der Waals surface area contributed by atoms with Gasteiger partial charge in [-0.25, -0.2) is 4.79 Å². The maximum absolute atomic E-state index is 10.6. The second kappa shape index (κ2) is 4.94. The van der Waals surface area contributed by atoms with Crippen LogP contribution in [0.1, 0.15) is 16.1 Å². The van der Waals surface area contributed by atoms with Crippen LogP contribution in [0, 0.1) is 0 Å². The predicted molar refractivity (Wildman–Crippen MR) is 50.9 cm³/mol. The number of rotatable bonds is 5. The lowest BCUT2D eigenvalue weighted by molar-refractivity contribution is 0.0695. The Labute approximate surface area is 80.1 Å². The van der Waals surface area contributed by atoms with Gasteiger partial charge in [-0.05, 0) is 6.07 Å². The quantitative estimate of drug-likeness (QED) is 0.699. The number of carboxylic acid groups (broad SMARTS) is 1. The van der Waals surface area contributed by atoms with E-state index in [9.17, 15) is 4.79 Å². The van der Waals surface area contributed by atoms with E-state index < -0.39 is 5.97 Å². The molecule has 1 aromatic rings. The molecule has 13 heavy (non-hydrogen) atoms. The first-order valence-electron chi connectivity index (χ1n) is 3.83. The molecule has 0 unspecified atom stereocenters. The lowest BCUT2D eigenvalue weighted by Crippen LogP contribution is -2.02. The molecule has 0 bridgehead atoms. The number of aromatic carboxylic acids is 1. The summed E-state index contributed by atoms with van der Waals surface area (Å²) in [5.74, 6) is 0.925. The lowest BCUT2D eigenvalue weighted by Gasteiger charge is -1.97. The fourth-order valence-corrected chi connectivity index (χ4v) is 1.61. The van der Waals surface area contributed by atoms with Crippen molar-refractivity contribution < 1.29 is 14.3 Å². The van der Waals surface area contributed by atoms with Crippen molar-refractivity contribution in [2.75, 3.05) is 12.3 Å². The van der Waals surface area contributed by atoms with Crippen molar-refractivity contribution in [2.24, 2.45) is 5.73 Å². The van der Waals surface area contributed by atoms with Gasteiger partial charge >= 0.3 is 5.97 Å². The Balaban J connectivity index is 2.55. The highest BCUT2D eigenvalue weighted by Crippen LogP contribution is 2.17. The van der Waals surface area contributed by atoms with Crippen molar-refractivity contribution in [3.63, 3.8) is 0 Å². The van der Waals surface area contributed by atoms with E-state index in [1.165, 1.54) is 12.3 Å². The van der Waals surface area contributed by atoms with Gasteiger partial charge in [-0.1, -0.05) is 0 Å². The fourth-order valence-electron chi connectivity index (χ4n) is 0.891. The fraction of sp³-hybridized carbons (Fsp3) is 0.375. The highest BCUT2D eigenvalue weighted by atomic mass is 32.2. The van der Waals surface area contributed by atoms with Gasteiger partial charge in [-0.2, -0.15) is 11.8 Å². The molecule has 0 amide bonds. The molecule has 4 nitrogen and oxygen atoms in total. The highest BCUT2D eigenvalue weighted by Gasteiger charge is 2.12. The van der Waals surface area contributed by atoms with E-state index in [0.29, 0.717) is 18.1 Å². The molecular formula is C8H11NO3S. The summed E-state index contributed by atoms with van der Waals surface area (Å²) in [4.78, 5) is 10.6. The van der Waals surface area contributed by atoms with Crippen molar-refractivity contribution in [1.29, 1.82) is 0 Å².